The maximum absolute atomic E-state index is 12.9. The van der Waals surface area contributed by atoms with Gasteiger partial charge in [-0.25, -0.2) is 4.39 Å². The minimum Gasteiger partial charge on any atom is -0.492 e. The molecule has 0 spiro atoms. The van der Waals surface area contributed by atoms with E-state index < -0.39 is 0 Å². The highest BCUT2D eigenvalue weighted by Gasteiger charge is 1.97. The van der Waals surface area contributed by atoms with Crippen LogP contribution in [0.2, 0.25) is 0 Å². The number of ether oxygens (including phenoxy) is 1. The van der Waals surface area contributed by atoms with Gasteiger partial charge in [0.1, 0.15) is 18.2 Å². The Morgan fingerprint density at radius 3 is 2.74 bits per heavy atom. The summed E-state index contributed by atoms with van der Waals surface area (Å²) in [5, 5.41) is 12.2. The van der Waals surface area contributed by atoms with Crippen molar-refractivity contribution < 1.29 is 14.2 Å². The van der Waals surface area contributed by atoms with Gasteiger partial charge >= 0.3 is 0 Å². The van der Waals surface area contributed by atoms with Gasteiger partial charge in [0.05, 0.1) is 6.61 Å². The van der Waals surface area contributed by atoms with Crippen LogP contribution in [0, 0.1) is 5.82 Å². The molecular formula is C15H16FNO2. The van der Waals surface area contributed by atoms with Crippen molar-refractivity contribution in [2.45, 2.75) is 6.61 Å². The summed E-state index contributed by atoms with van der Waals surface area (Å²) in [4.78, 5) is 0. The van der Waals surface area contributed by atoms with Crippen molar-refractivity contribution in [3.63, 3.8) is 0 Å². The van der Waals surface area contributed by atoms with Gasteiger partial charge in [-0.3, -0.25) is 0 Å². The number of hydrogen-bond acceptors (Lipinski definition) is 3. The maximum Gasteiger partial charge on any atom is 0.126 e. The number of hydrogen-bond donors (Lipinski definition) is 2. The van der Waals surface area contributed by atoms with Gasteiger partial charge in [-0.1, -0.05) is 18.2 Å². The molecule has 0 aliphatic carbocycles. The largest absolute Gasteiger partial charge is 0.492 e. The zero-order valence-corrected chi connectivity index (χ0v) is 10.5. The lowest BCUT2D eigenvalue weighted by Gasteiger charge is -2.09. The van der Waals surface area contributed by atoms with Crippen molar-refractivity contribution in [1.82, 2.24) is 0 Å². The van der Waals surface area contributed by atoms with Gasteiger partial charge in [0.25, 0.3) is 0 Å². The van der Waals surface area contributed by atoms with Gasteiger partial charge in [0, 0.05) is 18.3 Å². The van der Waals surface area contributed by atoms with Crippen molar-refractivity contribution in [1.29, 1.82) is 0 Å². The van der Waals surface area contributed by atoms with Crippen LogP contribution in [-0.2, 0) is 6.61 Å². The molecule has 4 heteroatoms. The second-order valence-corrected chi connectivity index (χ2v) is 4.09. The highest BCUT2D eigenvalue weighted by atomic mass is 19.1. The molecule has 0 amide bonds. The Morgan fingerprint density at radius 2 is 1.95 bits per heavy atom. The molecule has 0 fully saturated rings. The monoisotopic (exact) mass is 261 g/mol. The first kappa shape index (κ1) is 13.4. The molecule has 0 saturated carbocycles. The number of aliphatic hydroxyl groups is 1. The fourth-order valence-electron chi connectivity index (χ4n) is 1.70. The number of halogens is 1. The van der Waals surface area contributed by atoms with Crippen molar-refractivity contribution in [2.24, 2.45) is 0 Å². The normalized spacial score (nSPS) is 10.2. The summed E-state index contributed by atoms with van der Waals surface area (Å²) in [7, 11) is 0. The molecule has 0 aliphatic heterocycles. The number of anilines is 1. The average Bonchev–Trinajstić information content (AvgIpc) is 2.44. The van der Waals surface area contributed by atoms with Crippen LogP contribution in [0.4, 0.5) is 10.1 Å². The quantitative estimate of drug-likeness (QED) is 0.786. The highest BCUT2D eigenvalue weighted by Crippen LogP contribution is 2.12. The molecular weight excluding hydrogens is 245 g/mol. The summed E-state index contributed by atoms with van der Waals surface area (Å²) in [5.41, 5.74) is 1.78. The van der Waals surface area contributed by atoms with Crippen molar-refractivity contribution in [2.75, 3.05) is 18.5 Å². The summed E-state index contributed by atoms with van der Waals surface area (Å²) in [6.07, 6.45) is 0. The van der Waals surface area contributed by atoms with Gasteiger partial charge < -0.3 is 15.2 Å². The van der Waals surface area contributed by atoms with Gasteiger partial charge in [-0.15, -0.1) is 0 Å². The number of rotatable bonds is 6. The SMILES string of the molecule is OCc1cccc(NCCOc2cccc(F)c2)c1. The van der Waals surface area contributed by atoms with Crippen LogP contribution in [0.3, 0.4) is 0 Å². The highest BCUT2D eigenvalue weighted by molar-refractivity contribution is 5.45. The molecule has 2 rings (SSSR count). The lowest BCUT2D eigenvalue weighted by atomic mass is 10.2. The summed E-state index contributed by atoms with van der Waals surface area (Å²) in [6.45, 7) is 1.06. The second-order valence-electron chi connectivity index (χ2n) is 4.09. The van der Waals surface area contributed by atoms with Crippen LogP contribution in [-0.4, -0.2) is 18.3 Å². The Balaban J connectivity index is 1.77. The first-order valence-electron chi connectivity index (χ1n) is 6.10. The lowest BCUT2D eigenvalue weighted by molar-refractivity contribution is 0.282. The molecule has 2 N–H and O–H groups in total. The molecule has 0 aromatic heterocycles. The van der Waals surface area contributed by atoms with E-state index in [-0.39, 0.29) is 12.4 Å². The summed E-state index contributed by atoms with van der Waals surface area (Å²) in [5.74, 6) is 0.215. The van der Waals surface area contributed by atoms with E-state index in [9.17, 15) is 4.39 Å². The molecule has 19 heavy (non-hydrogen) atoms. The van der Waals surface area contributed by atoms with Gasteiger partial charge in [-0.05, 0) is 29.8 Å². The van der Waals surface area contributed by atoms with Crippen LogP contribution < -0.4 is 10.1 Å². The molecule has 0 heterocycles. The van der Waals surface area contributed by atoms with Gasteiger partial charge in [0.15, 0.2) is 0 Å². The molecule has 0 bridgehead atoms. The number of nitrogens with one attached hydrogen (secondary N) is 1. The van der Waals surface area contributed by atoms with E-state index >= 15 is 0 Å². The Kier molecular flexibility index (Phi) is 4.75. The smallest absolute Gasteiger partial charge is 0.126 e. The minimum absolute atomic E-state index is 0.0231. The number of aliphatic hydroxyl groups excluding tert-OH is 1. The third kappa shape index (κ3) is 4.26. The van der Waals surface area contributed by atoms with E-state index in [1.54, 1.807) is 12.1 Å². The fourth-order valence-corrected chi connectivity index (χ4v) is 1.70. The lowest BCUT2D eigenvalue weighted by Crippen LogP contribution is -2.11. The molecule has 3 nitrogen and oxygen atoms in total. The molecule has 0 aliphatic rings. The Morgan fingerprint density at radius 1 is 1.11 bits per heavy atom. The third-order valence-corrected chi connectivity index (χ3v) is 2.61. The van der Waals surface area contributed by atoms with Crippen LogP contribution in [0.5, 0.6) is 5.75 Å². The zero-order chi connectivity index (χ0) is 13.5. The standard InChI is InChI=1S/C15H16FNO2/c16-13-4-2-6-15(10-13)19-8-7-17-14-5-1-3-12(9-14)11-18/h1-6,9-10,17-18H,7-8,11H2. The van der Waals surface area contributed by atoms with E-state index in [1.807, 2.05) is 24.3 Å². The van der Waals surface area contributed by atoms with Crippen molar-refractivity contribution in [3.8, 4) is 5.75 Å². The number of benzene rings is 2. The first-order valence-corrected chi connectivity index (χ1v) is 6.10. The van der Waals surface area contributed by atoms with Crippen LogP contribution in [0.1, 0.15) is 5.56 Å². The Bertz CT molecular complexity index is 531. The second kappa shape index (κ2) is 6.75. The van der Waals surface area contributed by atoms with E-state index in [1.165, 1.54) is 12.1 Å². The first-order chi connectivity index (χ1) is 9.28. The van der Waals surface area contributed by atoms with Crippen LogP contribution in [0.15, 0.2) is 48.5 Å². The van der Waals surface area contributed by atoms with E-state index in [2.05, 4.69) is 5.32 Å². The van der Waals surface area contributed by atoms with Crippen molar-refractivity contribution in [3.05, 3.63) is 59.9 Å². The summed E-state index contributed by atoms with van der Waals surface area (Å²) < 4.78 is 18.3. The fraction of sp³-hybridized carbons (Fsp3) is 0.200. The molecule has 0 radical (unpaired) electrons. The predicted molar refractivity (Wildman–Crippen MR) is 72.7 cm³/mol. The maximum atomic E-state index is 12.9. The molecule has 2 aromatic rings. The van der Waals surface area contributed by atoms with E-state index in [0.717, 1.165) is 11.3 Å². The zero-order valence-electron chi connectivity index (χ0n) is 10.5. The molecule has 2 aromatic carbocycles. The summed E-state index contributed by atoms with van der Waals surface area (Å²) >= 11 is 0. The third-order valence-electron chi connectivity index (χ3n) is 2.61. The topological polar surface area (TPSA) is 41.5 Å². The van der Waals surface area contributed by atoms with Gasteiger partial charge in [-0.2, -0.15) is 0 Å². The average molecular weight is 261 g/mol. The molecule has 100 valence electrons. The minimum atomic E-state index is -0.305. The Hall–Kier alpha value is -2.07. The van der Waals surface area contributed by atoms with E-state index in [0.29, 0.717) is 18.9 Å². The molecule has 0 unspecified atom stereocenters. The van der Waals surface area contributed by atoms with Gasteiger partial charge in [0.2, 0.25) is 0 Å². The summed E-state index contributed by atoms with van der Waals surface area (Å²) in [6, 6.07) is 13.6. The Labute approximate surface area is 111 Å². The van der Waals surface area contributed by atoms with Crippen LogP contribution >= 0.6 is 0 Å². The van der Waals surface area contributed by atoms with Crippen molar-refractivity contribution >= 4 is 5.69 Å². The molecule has 0 atom stereocenters. The predicted octanol–water partition coefficient (Wildman–Crippen LogP) is 2.81. The molecule has 0 saturated heterocycles. The van der Waals surface area contributed by atoms with E-state index in [4.69, 9.17) is 9.84 Å². The van der Waals surface area contributed by atoms with Crippen LogP contribution in [0.25, 0.3) is 0 Å².